The van der Waals surface area contributed by atoms with Crippen molar-refractivity contribution in [3.8, 4) is 0 Å². The van der Waals surface area contributed by atoms with Gasteiger partial charge in [-0.05, 0) is 24.1 Å². The monoisotopic (exact) mass is 276 g/mol. The minimum atomic E-state index is 0.866. The maximum atomic E-state index is 4.76. The van der Waals surface area contributed by atoms with Crippen molar-refractivity contribution in [1.29, 1.82) is 0 Å². The molecule has 21 heavy (non-hydrogen) atoms. The molecule has 0 aliphatic carbocycles. The van der Waals surface area contributed by atoms with E-state index >= 15 is 0 Å². The topological polar surface area (TPSA) is 17.8 Å². The molecular weight excluding hydrogens is 256 g/mol. The summed E-state index contributed by atoms with van der Waals surface area (Å²) < 4.78 is 2.32. The SMILES string of the molecule is CCCc1nc2ccccc2n1C/C=C\c1ccccc1. The van der Waals surface area contributed by atoms with Gasteiger partial charge in [0.1, 0.15) is 5.82 Å². The molecule has 0 saturated heterocycles. The van der Waals surface area contributed by atoms with Crippen LogP contribution in [0.4, 0.5) is 0 Å². The highest BCUT2D eigenvalue weighted by molar-refractivity contribution is 5.76. The van der Waals surface area contributed by atoms with Crippen molar-refractivity contribution in [3.63, 3.8) is 0 Å². The summed E-state index contributed by atoms with van der Waals surface area (Å²) in [6.07, 6.45) is 6.52. The van der Waals surface area contributed by atoms with Gasteiger partial charge in [-0.15, -0.1) is 0 Å². The zero-order chi connectivity index (χ0) is 14.5. The van der Waals surface area contributed by atoms with E-state index in [0.717, 1.165) is 24.9 Å². The highest BCUT2D eigenvalue weighted by atomic mass is 15.1. The molecule has 0 radical (unpaired) electrons. The van der Waals surface area contributed by atoms with Crippen molar-refractivity contribution in [2.75, 3.05) is 0 Å². The van der Waals surface area contributed by atoms with E-state index < -0.39 is 0 Å². The van der Waals surface area contributed by atoms with E-state index in [9.17, 15) is 0 Å². The lowest BCUT2D eigenvalue weighted by atomic mass is 10.2. The highest BCUT2D eigenvalue weighted by Crippen LogP contribution is 2.17. The number of rotatable bonds is 5. The van der Waals surface area contributed by atoms with Gasteiger partial charge in [-0.3, -0.25) is 0 Å². The number of nitrogens with zero attached hydrogens (tertiary/aromatic N) is 2. The van der Waals surface area contributed by atoms with Crippen molar-refractivity contribution in [2.45, 2.75) is 26.3 Å². The third-order valence-electron chi connectivity index (χ3n) is 3.61. The number of hydrogen-bond acceptors (Lipinski definition) is 1. The first kappa shape index (κ1) is 13.6. The summed E-state index contributed by atoms with van der Waals surface area (Å²) in [5.74, 6) is 1.18. The van der Waals surface area contributed by atoms with E-state index in [4.69, 9.17) is 4.98 Å². The molecule has 0 atom stereocenters. The Labute approximate surface area is 125 Å². The lowest BCUT2D eigenvalue weighted by Gasteiger charge is -2.05. The van der Waals surface area contributed by atoms with Crippen LogP contribution in [-0.2, 0) is 13.0 Å². The van der Waals surface area contributed by atoms with Gasteiger partial charge >= 0.3 is 0 Å². The first-order chi connectivity index (χ1) is 10.4. The van der Waals surface area contributed by atoms with Crippen LogP contribution in [0.25, 0.3) is 17.1 Å². The Morgan fingerprint density at radius 1 is 1.00 bits per heavy atom. The molecule has 0 amide bonds. The molecule has 3 aromatic rings. The average molecular weight is 276 g/mol. The molecule has 3 rings (SSSR count). The Morgan fingerprint density at radius 3 is 2.57 bits per heavy atom. The largest absolute Gasteiger partial charge is 0.324 e. The fraction of sp³-hybridized carbons (Fsp3) is 0.211. The first-order valence-electron chi connectivity index (χ1n) is 7.54. The van der Waals surface area contributed by atoms with E-state index in [1.54, 1.807) is 0 Å². The molecule has 2 aromatic carbocycles. The summed E-state index contributed by atoms with van der Waals surface area (Å²) in [5, 5.41) is 0. The molecule has 1 aromatic heterocycles. The second-order valence-corrected chi connectivity index (χ2v) is 5.19. The van der Waals surface area contributed by atoms with Gasteiger partial charge in [-0.1, -0.05) is 61.5 Å². The van der Waals surface area contributed by atoms with Crippen molar-refractivity contribution in [1.82, 2.24) is 9.55 Å². The number of benzene rings is 2. The Balaban J connectivity index is 1.88. The first-order valence-corrected chi connectivity index (χ1v) is 7.54. The number of imidazole rings is 1. The summed E-state index contributed by atoms with van der Waals surface area (Å²) in [6.45, 7) is 3.06. The van der Waals surface area contributed by atoms with Crippen molar-refractivity contribution < 1.29 is 0 Å². The zero-order valence-electron chi connectivity index (χ0n) is 12.4. The van der Waals surface area contributed by atoms with Crippen LogP contribution in [0.5, 0.6) is 0 Å². The quantitative estimate of drug-likeness (QED) is 0.660. The number of fused-ring (bicyclic) bond motifs is 1. The number of aromatic nitrogens is 2. The van der Waals surface area contributed by atoms with Crippen molar-refractivity contribution >= 4 is 17.1 Å². The smallest absolute Gasteiger partial charge is 0.110 e. The fourth-order valence-corrected chi connectivity index (χ4v) is 2.60. The van der Waals surface area contributed by atoms with Gasteiger partial charge in [0.15, 0.2) is 0 Å². The molecule has 0 aliphatic rings. The standard InChI is InChI=1S/C19H20N2/c1-2-9-19-20-17-13-6-7-14-18(17)21(19)15-8-12-16-10-4-3-5-11-16/h3-8,10-14H,2,9,15H2,1H3/b12-8-. The molecule has 0 fully saturated rings. The van der Waals surface area contributed by atoms with Crippen LogP contribution in [0.15, 0.2) is 60.7 Å². The highest BCUT2D eigenvalue weighted by Gasteiger charge is 2.07. The van der Waals surface area contributed by atoms with Crippen molar-refractivity contribution in [3.05, 3.63) is 72.1 Å². The molecule has 1 heterocycles. The molecule has 2 nitrogen and oxygen atoms in total. The molecule has 0 unspecified atom stereocenters. The maximum absolute atomic E-state index is 4.76. The fourth-order valence-electron chi connectivity index (χ4n) is 2.60. The second-order valence-electron chi connectivity index (χ2n) is 5.19. The molecule has 0 saturated carbocycles. The van der Waals surface area contributed by atoms with Crippen LogP contribution in [0.3, 0.4) is 0 Å². The third kappa shape index (κ3) is 3.05. The Hall–Kier alpha value is -2.35. The summed E-state index contributed by atoms with van der Waals surface area (Å²) >= 11 is 0. The van der Waals surface area contributed by atoms with Crippen LogP contribution in [-0.4, -0.2) is 9.55 Å². The number of allylic oxidation sites excluding steroid dienone is 1. The normalized spacial score (nSPS) is 11.5. The van der Waals surface area contributed by atoms with Gasteiger partial charge in [-0.25, -0.2) is 4.98 Å². The van der Waals surface area contributed by atoms with E-state index in [2.05, 4.69) is 72.2 Å². The second kappa shape index (κ2) is 6.40. The average Bonchev–Trinajstić information content (AvgIpc) is 2.87. The van der Waals surface area contributed by atoms with Crippen LogP contribution < -0.4 is 0 Å². The maximum Gasteiger partial charge on any atom is 0.110 e. The van der Waals surface area contributed by atoms with Gasteiger partial charge in [0.25, 0.3) is 0 Å². The summed E-state index contributed by atoms with van der Waals surface area (Å²) in [6, 6.07) is 18.8. The number of hydrogen-bond donors (Lipinski definition) is 0. The molecule has 106 valence electrons. The predicted molar refractivity (Wildman–Crippen MR) is 89.2 cm³/mol. The summed E-state index contributed by atoms with van der Waals surface area (Å²) in [4.78, 5) is 4.76. The van der Waals surface area contributed by atoms with Crippen LogP contribution >= 0.6 is 0 Å². The third-order valence-corrected chi connectivity index (χ3v) is 3.61. The minimum Gasteiger partial charge on any atom is -0.324 e. The van der Waals surface area contributed by atoms with Gasteiger partial charge in [0.05, 0.1) is 11.0 Å². The van der Waals surface area contributed by atoms with E-state index in [1.807, 2.05) is 6.07 Å². The summed E-state index contributed by atoms with van der Waals surface area (Å²) in [5.41, 5.74) is 3.55. The van der Waals surface area contributed by atoms with E-state index in [0.29, 0.717) is 0 Å². The molecule has 0 N–H and O–H groups in total. The zero-order valence-corrected chi connectivity index (χ0v) is 12.4. The lowest BCUT2D eigenvalue weighted by Crippen LogP contribution is -2.02. The van der Waals surface area contributed by atoms with Gasteiger partial charge < -0.3 is 4.57 Å². The van der Waals surface area contributed by atoms with Crippen LogP contribution in [0.2, 0.25) is 0 Å². The molecule has 2 heteroatoms. The molecule has 0 bridgehead atoms. The molecular formula is C19H20N2. The Bertz CT molecular complexity index is 739. The van der Waals surface area contributed by atoms with E-state index in [1.165, 1.54) is 16.9 Å². The van der Waals surface area contributed by atoms with E-state index in [-0.39, 0.29) is 0 Å². The summed E-state index contributed by atoms with van der Waals surface area (Å²) in [7, 11) is 0. The Morgan fingerprint density at radius 2 is 1.76 bits per heavy atom. The lowest BCUT2D eigenvalue weighted by molar-refractivity contribution is 0.734. The molecule has 0 spiro atoms. The predicted octanol–water partition coefficient (Wildman–Crippen LogP) is 4.70. The van der Waals surface area contributed by atoms with Crippen molar-refractivity contribution in [2.24, 2.45) is 0 Å². The number of aryl methyl sites for hydroxylation is 1. The molecule has 0 aliphatic heterocycles. The van der Waals surface area contributed by atoms with Crippen LogP contribution in [0.1, 0.15) is 24.7 Å². The number of para-hydroxylation sites is 2. The van der Waals surface area contributed by atoms with Gasteiger partial charge in [0, 0.05) is 13.0 Å². The Kier molecular flexibility index (Phi) is 4.15. The minimum absolute atomic E-state index is 0.866. The van der Waals surface area contributed by atoms with Gasteiger partial charge in [0.2, 0.25) is 0 Å². The van der Waals surface area contributed by atoms with Gasteiger partial charge in [-0.2, -0.15) is 0 Å². The van der Waals surface area contributed by atoms with Crippen LogP contribution in [0, 0.1) is 0 Å².